The molecule has 7 heteroatoms. The Kier molecular flexibility index (Phi) is 5.13. The minimum Gasteiger partial charge on any atom is -0.457 e. The summed E-state index contributed by atoms with van der Waals surface area (Å²) in [6.07, 6.45) is 1.58. The number of fused-ring (bicyclic) bond motifs is 1. The van der Waals surface area contributed by atoms with Crippen LogP contribution in [-0.4, -0.2) is 14.3 Å². The van der Waals surface area contributed by atoms with Crippen LogP contribution in [0, 0.1) is 0 Å². The third-order valence-electron chi connectivity index (χ3n) is 5.13. The van der Waals surface area contributed by atoms with Crippen molar-refractivity contribution in [2.45, 2.75) is 6.54 Å². The molecule has 1 N–H and O–H groups in total. The second kappa shape index (κ2) is 8.24. The molecule has 158 valence electrons. The van der Waals surface area contributed by atoms with E-state index in [1.54, 1.807) is 29.1 Å². The molecule has 2 aromatic heterocycles. The third-order valence-corrected chi connectivity index (χ3v) is 5.45. The lowest BCUT2D eigenvalue weighted by Gasteiger charge is -2.10. The molecule has 0 bridgehead atoms. The fourth-order valence-electron chi connectivity index (χ4n) is 3.62. The van der Waals surface area contributed by atoms with Gasteiger partial charge in [-0.3, -0.25) is 19.4 Å². The number of halogens is 1. The van der Waals surface area contributed by atoms with Crippen LogP contribution in [-0.2, 0) is 6.54 Å². The third kappa shape index (κ3) is 3.84. The lowest BCUT2D eigenvalue weighted by atomic mass is 10.2. The van der Waals surface area contributed by atoms with E-state index in [-0.39, 0.29) is 11.1 Å². The number of nitrogens with one attached hydrogen (secondary N) is 1. The van der Waals surface area contributed by atoms with E-state index in [0.717, 1.165) is 11.3 Å². The maximum Gasteiger partial charge on any atom is 0.273 e. The van der Waals surface area contributed by atoms with E-state index in [2.05, 4.69) is 5.10 Å². The maximum atomic E-state index is 12.9. The summed E-state index contributed by atoms with van der Waals surface area (Å²) in [4.78, 5) is 25.5. The Balaban J connectivity index is 1.50. The Morgan fingerprint density at radius 2 is 1.59 bits per heavy atom. The quantitative estimate of drug-likeness (QED) is 0.416. The molecule has 0 radical (unpaired) electrons. The molecule has 6 nitrogen and oxygen atoms in total. The molecule has 3 aromatic carbocycles. The highest BCUT2D eigenvalue weighted by molar-refractivity contribution is 6.32. The standard InChI is InChI=1S/C25H18ClN3O3/c26-21-11-4-5-12-22(21)29-23-14-24(30)28(16-20(23)25(31)27-29)15-17-7-6-10-19(13-17)32-18-8-2-1-3-9-18/h1-14,16H,15H2,(H,27,31). The van der Waals surface area contributed by atoms with Crippen molar-refractivity contribution in [2.24, 2.45) is 0 Å². The number of nitrogens with zero attached hydrogens (tertiary/aromatic N) is 2. The van der Waals surface area contributed by atoms with Gasteiger partial charge in [0.05, 0.1) is 28.2 Å². The van der Waals surface area contributed by atoms with Gasteiger partial charge in [0.2, 0.25) is 0 Å². The number of para-hydroxylation sites is 2. The second-order valence-electron chi connectivity index (χ2n) is 7.33. The van der Waals surface area contributed by atoms with Crippen LogP contribution < -0.4 is 15.9 Å². The van der Waals surface area contributed by atoms with Crippen LogP contribution in [0.3, 0.4) is 0 Å². The van der Waals surface area contributed by atoms with Crippen molar-refractivity contribution in [2.75, 3.05) is 0 Å². The van der Waals surface area contributed by atoms with Crippen molar-refractivity contribution in [3.8, 4) is 17.2 Å². The highest BCUT2D eigenvalue weighted by Gasteiger charge is 2.13. The fourth-order valence-corrected chi connectivity index (χ4v) is 3.84. The molecule has 0 aliphatic heterocycles. The Labute approximate surface area is 187 Å². The maximum absolute atomic E-state index is 12.9. The van der Waals surface area contributed by atoms with Crippen LogP contribution in [0.2, 0.25) is 5.02 Å². The predicted molar refractivity (Wildman–Crippen MR) is 125 cm³/mol. The van der Waals surface area contributed by atoms with Crippen LogP contribution in [0.5, 0.6) is 11.5 Å². The van der Waals surface area contributed by atoms with E-state index in [1.807, 2.05) is 60.7 Å². The average Bonchev–Trinajstić information content (AvgIpc) is 3.10. The molecule has 0 saturated heterocycles. The van der Waals surface area contributed by atoms with Crippen LogP contribution in [0.25, 0.3) is 16.6 Å². The molecular formula is C25H18ClN3O3. The van der Waals surface area contributed by atoms with E-state index in [4.69, 9.17) is 16.3 Å². The first-order chi connectivity index (χ1) is 15.6. The van der Waals surface area contributed by atoms with Gasteiger partial charge in [-0.15, -0.1) is 0 Å². The van der Waals surface area contributed by atoms with Gasteiger partial charge in [-0.25, -0.2) is 0 Å². The molecule has 5 rings (SSSR count). The summed E-state index contributed by atoms with van der Waals surface area (Å²) in [7, 11) is 0. The predicted octanol–water partition coefficient (Wildman–Crippen LogP) is 4.97. The summed E-state index contributed by atoms with van der Waals surface area (Å²) in [5.41, 5.74) is 1.43. The fraction of sp³-hybridized carbons (Fsp3) is 0.0400. The smallest absolute Gasteiger partial charge is 0.273 e. The van der Waals surface area contributed by atoms with Gasteiger partial charge in [-0.1, -0.05) is 54.1 Å². The second-order valence-corrected chi connectivity index (χ2v) is 7.74. The largest absolute Gasteiger partial charge is 0.457 e. The molecule has 0 amide bonds. The first-order valence-electron chi connectivity index (χ1n) is 10.0. The summed E-state index contributed by atoms with van der Waals surface area (Å²) >= 11 is 6.28. The number of aromatic nitrogens is 3. The Hall–Kier alpha value is -4.03. The van der Waals surface area contributed by atoms with E-state index in [0.29, 0.717) is 33.9 Å². The Morgan fingerprint density at radius 3 is 2.41 bits per heavy atom. The SMILES string of the molecule is O=c1[nH]n(-c2ccccc2Cl)c2cc(=O)n(Cc3cccc(Oc4ccccc4)c3)cc12. The molecule has 5 aromatic rings. The van der Waals surface area contributed by atoms with Crippen molar-refractivity contribution in [3.05, 3.63) is 122 Å². The summed E-state index contributed by atoms with van der Waals surface area (Å²) in [5.74, 6) is 1.40. The molecule has 0 atom stereocenters. The van der Waals surface area contributed by atoms with E-state index < -0.39 is 0 Å². The topological polar surface area (TPSA) is 69.0 Å². The number of hydrogen-bond donors (Lipinski definition) is 1. The number of pyridine rings is 1. The number of ether oxygens (including phenoxy) is 1. The molecular weight excluding hydrogens is 426 g/mol. The van der Waals surface area contributed by atoms with E-state index in [1.165, 1.54) is 10.6 Å². The number of rotatable bonds is 5. The number of hydrogen-bond acceptors (Lipinski definition) is 3. The van der Waals surface area contributed by atoms with Gasteiger partial charge in [0.1, 0.15) is 11.5 Å². The van der Waals surface area contributed by atoms with E-state index >= 15 is 0 Å². The van der Waals surface area contributed by atoms with Gasteiger partial charge >= 0.3 is 0 Å². The van der Waals surface area contributed by atoms with E-state index in [9.17, 15) is 9.59 Å². The molecule has 0 saturated carbocycles. The minimum atomic E-state index is -0.296. The minimum absolute atomic E-state index is 0.230. The lowest BCUT2D eigenvalue weighted by Crippen LogP contribution is -2.20. The zero-order valence-electron chi connectivity index (χ0n) is 16.9. The van der Waals surface area contributed by atoms with Crippen molar-refractivity contribution in [3.63, 3.8) is 0 Å². The van der Waals surface area contributed by atoms with Gasteiger partial charge in [0.15, 0.2) is 0 Å². The normalized spacial score (nSPS) is 11.0. The molecule has 0 fully saturated rings. The molecule has 32 heavy (non-hydrogen) atoms. The van der Waals surface area contributed by atoms with Gasteiger partial charge in [-0.2, -0.15) is 0 Å². The van der Waals surface area contributed by atoms with Gasteiger partial charge in [0, 0.05) is 12.3 Å². The zero-order chi connectivity index (χ0) is 22.1. The molecule has 0 spiro atoms. The molecule has 0 unspecified atom stereocenters. The summed E-state index contributed by atoms with van der Waals surface area (Å²) in [6, 6.07) is 25.6. The van der Waals surface area contributed by atoms with Crippen molar-refractivity contribution >= 4 is 22.5 Å². The molecule has 0 aliphatic carbocycles. The first-order valence-corrected chi connectivity index (χ1v) is 10.4. The Bertz CT molecular complexity index is 1530. The van der Waals surface area contributed by atoms with Gasteiger partial charge in [-0.05, 0) is 42.0 Å². The number of H-pyrrole nitrogens is 1. The molecule has 2 heterocycles. The van der Waals surface area contributed by atoms with Crippen LogP contribution >= 0.6 is 11.6 Å². The first kappa shape index (κ1) is 19.9. The lowest BCUT2D eigenvalue weighted by molar-refractivity contribution is 0.481. The van der Waals surface area contributed by atoms with Crippen molar-refractivity contribution < 1.29 is 4.74 Å². The highest BCUT2D eigenvalue weighted by Crippen LogP contribution is 2.23. The van der Waals surface area contributed by atoms with Crippen molar-refractivity contribution in [1.29, 1.82) is 0 Å². The Morgan fingerprint density at radius 1 is 0.844 bits per heavy atom. The summed E-state index contributed by atoms with van der Waals surface area (Å²) < 4.78 is 8.93. The van der Waals surface area contributed by atoms with Gasteiger partial charge < -0.3 is 9.30 Å². The highest BCUT2D eigenvalue weighted by atomic mass is 35.5. The monoisotopic (exact) mass is 443 g/mol. The number of benzene rings is 3. The average molecular weight is 444 g/mol. The molecule has 0 aliphatic rings. The zero-order valence-corrected chi connectivity index (χ0v) is 17.6. The summed E-state index contributed by atoms with van der Waals surface area (Å²) in [6.45, 7) is 0.303. The number of aromatic amines is 1. The van der Waals surface area contributed by atoms with Crippen molar-refractivity contribution in [1.82, 2.24) is 14.3 Å². The van der Waals surface area contributed by atoms with Crippen LogP contribution in [0.15, 0.2) is 101 Å². The van der Waals surface area contributed by atoms with Gasteiger partial charge in [0.25, 0.3) is 11.1 Å². The van der Waals surface area contributed by atoms with Crippen LogP contribution in [0.4, 0.5) is 0 Å². The van der Waals surface area contributed by atoms with Crippen LogP contribution in [0.1, 0.15) is 5.56 Å². The summed E-state index contributed by atoms with van der Waals surface area (Å²) in [5, 5.41) is 3.65.